The highest BCUT2D eigenvalue weighted by atomic mass is 19.4. The highest BCUT2D eigenvalue weighted by molar-refractivity contribution is 6.02. The molecule has 150 valence electrons. The van der Waals surface area contributed by atoms with Crippen LogP contribution in [0.25, 0.3) is 0 Å². The fourth-order valence-corrected chi connectivity index (χ4v) is 3.21. The third kappa shape index (κ3) is 4.45. The monoisotopic (exact) mass is 401 g/mol. The topological polar surface area (TPSA) is 71.8 Å². The van der Waals surface area contributed by atoms with Crippen LogP contribution in [0.15, 0.2) is 48.9 Å². The Bertz CT molecular complexity index is 1040. The van der Waals surface area contributed by atoms with Crippen molar-refractivity contribution in [1.82, 2.24) is 19.9 Å². The number of imidazole rings is 1. The molecule has 3 aromatic rings. The lowest BCUT2D eigenvalue weighted by Crippen LogP contribution is -2.25. The van der Waals surface area contributed by atoms with Crippen LogP contribution in [0, 0.1) is 0 Å². The Labute approximate surface area is 164 Å². The van der Waals surface area contributed by atoms with E-state index >= 15 is 0 Å². The maximum atomic E-state index is 12.8. The lowest BCUT2D eigenvalue weighted by Gasteiger charge is -2.16. The van der Waals surface area contributed by atoms with E-state index in [4.69, 9.17) is 0 Å². The van der Waals surface area contributed by atoms with Gasteiger partial charge in [0.2, 0.25) is 0 Å². The van der Waals surface area contributed by atoms with E-state index in [1.165, 1.54) is 12.4 Å². The predicted octanol–water partition coefficient (Wildman–Crippen LogP) is 3.24. The molecule has 2 N–H and O–H groups in total. The van der Waals surface area contributed by atoms with E-state index < -0.39 is 11.7 Å². The number of hydrogen-bond acceptors (Lipinski definition) is 4. The van der Waals surface area contributed by atoms with Gasteiger partial charge in [-0.25, -0.2) is 9.97 Å². The number of carbonyl (C=O) groups is 1. The molecule has 4 rings (SSSR count). The summed E-state index contributed by atoms with van der Waals surface area (Å²) in [4.78, 5) is 21.0. The van der Waals surface area contributed by atoms with Crippen LogP contribution in [0.1, 0.15) is 32.9 Å². The number of halogens is 3. The second-order valence-electron chi connectivity index (χ2n) is 6.81. The van der Waals surface area contributed by atoms with Gasteiger partial charge in [-0.1, -0.05) is 18.2 Å². The van der Waals surface area contributed by atoms with Crippen LogP contribution in [0.4, 0.5) is 19.0 Å². The molecule has 0 atom stereocenters. The molecule has 29 heavy (non-hydrogen) atoms. The molecular formula is C20H18F3N5O. The lowest BCUT2D eigenvalue weighted by molar-refractivity contribution is -0.137. The third-order valence-electron chi connectivity index (χ3n) is 4.65. The quantitative estimate of drug-likeness (QED) is 0.704. The lowest BCUT2D eigenvalue weighted by atomic mass is 10.1. The molecule has 0 radical (unpaired) electrons. The van der Waals surface area contributed by atoms with Crippen molar-refractivity contribution in [1.29, 1.82) is 0 Å². The molecule has 2 aromatic heterocycles. The third-order valence-corrected chi connectivity index (χ3v) is 4.65. The molecule has 0 spiro atoms. The fourth-order valence-electron chi connectivity index (χ4n) is 3.21. The van der Waals surface area contributed by atoms with Crippen LogP contribution >= 0.6 is 0 Å². The zero-order valence-corrected chi connectivity index (χ0v) is 15.3. The summed E-state index contributed by atoms with van der Waals surface area (Å²) in [7, 11) is 0. The van der Waals surface area contributed by atoms with E-state index in [0.717, 1.165) is 42.9 Å². The minimum absolute atomic E-state index is 0.205. The number of anilines is 1. The number of pyridine rings is 1. The molecule has 0 bridgehead atoms. The average Bonchev–Trinajstić information content (AvgIpc) is 3.13. The van der Waals surface area contributed by atoms with Gasteiger partial charge in [-0.15, -0.1) is 0 Å². The first-order valence-electron chi connectivity index (χ1n) is 9.07. The van der Waals surface area contributed by atoms with Crippen molar-refractivity contribution in [2.45, 2.75) is 25.7 Å². The van der Waals surface area contributed by atoms with Gasteiger partial charge < -0.3 is 15.2 Å². The molecule has 0 saturated heterocycles. The van der Waals surface area contributed by atoms with Crippen molar-refractivity contribution in [2.24, 2.45) is 0 Å². The fraction of sp³-hybridized carbons (Fsp3) is 0.250. The Kier molecular flexibility index (Phi) is 5.06. The van der Waals surface area contributed by atoms with Gasteiger partial charge in [0, 0.05) is 37.9 Å². The van der Waals surface area contributed by atoms with Crippen molar-refractivity contribution in [3.05, 3.63) is 77.0 Å². The first kappa shape index (κ1) is 19.1. The summed E-state index contributed by atoms with van der Waals surface area (Å²) in [5, 5.41) is 5.93. The van der Waals surface area contributed by atoms with Gasteiger partial charge in [-0.05, 0) is 29.3 Å². The molecule has 1 aromatic carbocycles. The van der Waals surface area contributed by atoms with Crippen LogP contribution in [0.5, 0.6) is 0 Å². The van der Waals surface area contributed by atoms with Crippen molar-refractivity contribution < 1.29 is 18.0 Å². The van der Waals surface area contributed by atoms with Crippen LogP contribution in [0.3, 0.4) is 0 Å². The number of amides is 1. The van der Waals surface area contributed by atoms with E-state index in [0.29, 0.717) is 17.1 Å². The van der Waals surface area contributed by atoms with Gasteiger partial charge in [-0.2, -0.15) is 13.2 Å². The summed E-state index contributed by atoms with van der Waals surface area (Å²) in [6.45, 7) is 1.77. The van der Waals surface area contributed by atoms with Crippen molar-refractivity contribution in [3.63, 3.8) is 0 Å². The van der Waals surface area contributed by atoms with Gasteiger partial charge in [0.05, 0.1) is 11.9 Å². The second kappa shape index (κ2) is 7.67. The van der Waals surface area contributed by atoms with Gasteiger partial charge in [-0.3, -0.25) is 4.79 Å². The van der Waals surface area contributed by atoms with Crippen molar-refractivity contribution in [3.8, 4) is 0 Å². The molecule has 0 aliphatic carbocycles. The van der Waals surface area contributed by atoms with E-state index in [2.05, 4.69) is 20.6 Å². The number of fused-ring (bicyclic) bond motifs is 1. The Morgan fingerprint density at radius 1 is 1.24 bits per heavy atom. The highest BCUT2D eigenvalue weighted by Crippen LogP contribution is 2.29. The second-order valence-corrected chi connectivity index (χ2v) is 6.81. The van der Waals surface area contributed by atoms with E-state index in [-0.39, 0.29) is 12.5 Å². The minimum atomic E-state index is -4.39. The number of nitrogens with zero attached hydrogens (tertiary/aromatic N) is 3. The first-order chi connectivity index (χ1) is 13.9. The van der Waals surface area contributed by atoms with E-state index in [1.807, 2.05) is 6.07 Å². The maximum Gasteiger partial charge on any atom is 0.416 e. The van der Waals surface area contributed by atoms with Gasteiger partial charge in [0.25, 0.3) is 5.91 Å². The van der Waals surface area contributed by atoms with Crippen LogP contribution in [-0.2, 0) is 25.7 Å². The summed E-state index contributed by atoms with van der Waals surface area (Å²) in [5.41, 5.74) is 2.08. The highest BCUT2D eigenvalue weighted by Gasteiger charge is 2.30. The molecule has 9 heteroatoms. The number of hydrogen-bond donors (Lipinski definition) is 2. The largest absolute Gasteiger partial charge is 0.416 e. The number of rotatable bonds is 4. The first-order valence-corrected chi connectivity index (χ1v) is 9.07. The molecule has 0 unspecified atom stereocenters. The zero-order valence-electron chi connectivity index (χ0n) is 15.3. The van der Waals surface area contributed by atoms with Gasteiger partial charge in [0.1, 0.15) is 5.69 Å². The number of benzene rings is 1. The molecule has 1 aliphatic rings. The average molecular weight is 401 g/mol. The maximum absolute atomic E-state index is 12.8. The SMILES string of the molecule is O=C(Nc1cn(Cc2cccc(C(F)(F)F)c2)cn1)c1ccc2c(n1)CCNC2. The molecule has 6 nitrogen and oxygen atoms in total. The molecule has 0 fully saturated rings. The summed E-state index contributed by atoms with van der Waals surface area (Å²) >= 11 is 0. The van der Waals surface area contributed by atoms with Crippen molar-refractivity contribution in [2.75, 3.05) is 11.9 Å². The molecule has 1 aliphatic heterocycles. The summed E-state index contributed by atoms with van der Waals surface area (Å²) in [6, 6.07) is 8.67. The number of alkyl halides is 3. The molecule has 3 heterocycles. The van der Waals surface area contributed by atoms with Crippen LogP contribution < -0.4 is 10.6 Å². The van der Waals surface area contributed by atoms with Gasteiger partial charge in [0.15, 0.2) is 5.82 Å². The van der Waals surface area contributed by atoms with Crippen LogP contribution in [0.2, 0.25) is 0 Å². The van der Waals surface area contributed by atoms with Gasteiger partial charge >= 0.3 is 6.18 Å². The Balaban J connectivity index is 1.44. The number of carbonyl (C=O) groups excluding carboxylic acids is 1. The molecular weight excluding hydrogens is 383 g/mol. The predicted molar refractivity (Wildman–Crippen MR) is 100 cm³/mol. The number of aromatic nitrogens is 3. The summed E-state index contributed by atoms with van der Waals surface area (Å²) < 4.78 is 40.1. The normalized spacial score (nSPS) is 13.8. The summed E-state index contributed by atoms with van der Waals surface area (Å²) in [6.07, 6.45) is -0.591. The van der Waals surface area contributed by atoms with Crippen molar-refractivity contribution >= 4 is 11.7 Å². The minimum Gasteiger partial charge on any atom is -0.331 e. The standard InChI is InChI=1S/C20H18F3N5O/c21-20(22,23)15-3-1-2-13(8-15)10-28-11-18(25-12-28)27-19(29)17-5-4-14-9-24-7-6-16(14)26-17/h1-5,8,11-12,24H,6-7,9-10H2,(H,27,29). The molecule has 0 saturated carbocycles. The smallest absolute Gasteiger partial charge is 0.331 e. The van der Waals surface area contributed by atoms with Crippen LogP contribution in [-0.4, -0.2) is 27.0 Å². The number of nitrogens with one attached hydrogen (secondary N) is 2. The Morgan fingerprint density at radius 3 is 2.93 bits per heavy atom. The Morgan fingerprint density at radius 2 is 2.10 bits per heavy atom. The van der Waals surface area contributed by atoms with E-state index in [9.17, 15) is 18.0 Å². The van der Waals surface area contributed by atoms with E-state index in [1.54, 1.807) is 22.9 Å². The Hall–Kier alpha value is -3.20. The zero-order chi connectivity index (χ0) is 20.4. The summed E-state index contributed by atoms with van der Waals surface area (Å²) in [5.74, 6) is -0.0705. The molecule has 1 amide bonds.